The first-order valence-corrected chi connectivity index (χ1v) is 9.57. The molecule has 0 bridgehead atoms. The molecule has 3 rings (SSSR count). The van der Waals surface area contributed by atoms with E-state index in [1.165, 1.54) is 0 Å². The fourth-order valence-corrected chi connectivity index (χ4v) is 4.02. The first-order valence-electron chi connectivity index (χ1n) is 9.57. The van der Waals surface area contributed by atoms with Gasteiger partial charge in [-0.25, -0.2) is 0 Å². The lowest BCUT2D eigenvalue weighted by atomic mass is 9.68. The number of nitrogens with one attached hydrogen (secondary N) is 1. The van der Waals surface area contributed by atoms with Gasteiger partial charge in [0.2, 0.25) is 5.90 Å². The number of carbonyl (C=O) groups is 2. The van der Waals surface area contributed by atoms with Crippen LogP contribution in [0.3, 0.4) is 0 Å². The van der Waals surface area contributed by atoms with E-state index in [-0.39, 0.29) is 30.3 Å². The average Bonchev–Trinajstić information content (AvgIpc) is 2.64. The molecule has 1 N–H and O–H groups in total. The number of Topliss-reactive ketones (excluding diaryl/α,β-unsaturated/α-hetero) is 1. The molecule has 0 aromatic heterocycles. The number of nitrogens with zero attached hydrogens (tertiary/aromatic N) is 1. The maximum atomic E-state index is 13.1. The molecule has 0 saturated carbocycles. The number of ether oxygens (including phenoxy) is 3. The zero-order valence-corrected chi connectivity index (χ0v) is 16.8. The molecule has 152 valence electrons. The van der Waals surface area contributed by atoms with E-state index in [4.69, 9.17) is 24.9 Å². The summed E-state index contributed by atoms with van der Waals surface area (Å²) in [6.07, 6.45) is 0.805. The summed E-state index contributed by atoms with van der Waals surface area (Å²) >= 11 is 0. The number of hydrogen-bond donors (Lipinski definition) is 1. The van der Waals surface area contributed by atoms with Crippen LogP contribution in [-0.2, 0) is 19.1 Å². The zero-order valence-electron chi connectivity index (χ0n) is 16.8. The molecule has 1 aliphatic carbocycles. The van der Waals surface area contributed by atoms with Gasteiger partial charge in [0.15, 0.2) is 12.4 Å². The Hall–Kier alpha value is -3.14. The van der Waals surface area contributed by atoms with Crippen molar-refractivity contribution in [3.63, 3.8) is 0 Å². The second kappa shape index (κ2) is 8.08. The van der Waals surface area contributed by atoms with Gasteiger partial charge in [-0.2, -0.15) is 5.26 Å². The van der Waals surface area contributed by atoms with Gasteiger partial charge in [0.25, 0.3) is 0 Å². The van der Waals surface area contributed by atoms with E-state index in [0.29, 0.717) is 35.5 Å². The van der Waals surface area contributed by atoms with Crippen molar-refractivity contribution in [1.82, 2.24) is 0 Å². The van der Waals surface area contributed by atoms with Gasteiger partial charge in [0, 0.05) is 29.9 Å². The van der Waals surface area contributed by atoms with E-state index >= 15 is 0 Å². The van der Waals surface area contributed by atoms with Crippen LogP contribution in [0.1, 0.15) is 45.1 Å². The molecule has 1 aromatic rings. The summed E-state index contributed by atoms with van der Waals surface area (Å²) in [6.45, 7) is 5.60. The van der Waals surface area contributed by atoms with Gasteiger partial charge in [-0.1, -0.05) is 32.0 Å². The molecule has 0 amide bonds. The first-order chi connectivity index (χ1) is 13.8. The van der Waals surface area contributed by atoms with Crippen LogP contribution in [0.4, 0.5) is 0 Å². The van der Waals surface area contributed by atoms with Gasteiger partial charge < -0.3 is 14.2 Å². The lowest BCUT2D eigenvalue weighted by Crippen LogP contribution is -2.42. The third kappa shape index (κ3) is 4.02. The van der Waals surface area contributed by atoms with Crippen LogP contribution in [0.2, 0.25) is 0 Å². The van der Waals surface area contributed by atoms with Gasteiger partial charge in [-0.15, -0.1) is 0 Å². The Morgan fingerprint density at radius 1 is 1.34 bits per heavy atom. The average molecular weight is 396 g/mol. The Morgan fingerprint density at radius 3 is 2.76 bits per heavy atom. The summed E-state index contributed by atoms with van der Waals surface area (Å²) in [5.41, 5.74) is 0.662. The summed E-state index contributed by atoms with van der Waals surface area (Å²) in [7, 11) is 0. The Labute approximate surface area is 169 Å². The number of benzene rings is 1. The number of hydrogen-bond acceptors (Lipinski definition) is 7. The van der Waals surface area contributed by atoms with Gasteiger partial charge in [-0.05, 0) is 18.4 Å². The maximum absolute atomic E-state index is 13.1. The van der Waals surface area contributed by atoms with Crippen molar-refractivity contribution in [2.75, 3.05) is 13.2 Å². The molecule has 0 spiro atoms. The molecule has 2 aliphatic rings. The maximum Gasteiger partial charge on any atom is 0.319 e. The second-order valence-corrected chi connectivity index (χ2v) is 7.94. The minimum absolute atomic E-state index is 0.113. The third-order valence-corrected chi connectivity index (χ3v) is 5.13. The van der Waals surface area contributed by atoms with Crippen LogP contribution in [0, 0.1) is 28.1 Å². The van der Waals surface area contributed by atoms with Crippen molar-refractivity contribution in [3.05, 3.63) is 41.2 Å². The normalized spacial score (nSPS) is 23.0. The van der Waals surface area contributed by atoms with Gasteiger partial charge in [-0.3, -0.25) is 15.0 Å². The van der Waals surface area contributed by atoms with Crippen LogP contribution in [0.5, 0.6) is 5.75 Å². The van der Waals surface area contributed by atoms with Crippen LogP contribution in [0.15, 0.2) is 35.6 Å². The molecular weight excluding hydrogens is 372 g/mol. The Balaban J connectivity index is 2.19. The number of carbonyl (C=O) groups excluding carboxylic acids is 2. The largest absolute Gasteiger partial charge is 0.478 e. The molecule has 29 heavy (non-hydrogen) atoms. The Morgan fingerprint density at radius 2 is 2.07 bits per heavy atom. The minimum Gasteiger partial charge on any atom is -0.478 e. The highest BCUT2D eigenvalue weighted by atomic mass is 16.5. The molecule has 0 radical (unpaired) electrons. The lowest BCUT2D eigenvalue weighted by Gasteiger charge is -2.40. The smallest absolute Gasteiger partial charge is 0.319 e. The second-order valence-electron chi connectivity index (χ2n) is 7.94. The van der Waals surface area contributed by atoms with Gasteiger partial charge in [0.1, 0.15) is 23.5 Å². The quantitative estimate of drug-likeness (QED) is 0.763. The van der Waals surface area contributed by atoms with Crippen molar-refractivity contribution in [1.29, 1.82) is 10.7 Å². The van der Waals surface area contributed by atoms with Crippen molar-refractivity contribution < 1.29 is 23.8 Å². The Bertz CT molecular complexity index is 925. The molecule has 7 heteroatoms. The van der Waals surface area contributed by atoms with Crippen molar-refractivity contribution in [2.24, 2.45) is 11.3 Å². The molecule has 7 nitrogen and oxygen atoms in total. The highest BCUT2D eigenvalue weighted by Gasteiger charge is 2.49. The summed E-state index contributed by atoms with van der Waals surface area (Å²) in [6, 6.07) is 8.88. The third-order valence-electron chi connectivity index (χ3n) is 5.13. The minimum atomic E-state index is -1.09. The molecular formula is C22H24N2O5. The monoisotopic (exact) mass is 396 g/mol. The van der Waals surface area contributed by atoms with E-state index in [2.05, 4.69) is 0 Å². The topological polar surface area (TPSA) is 109 Å². The zero-order chi connectivity index (χ0) is 21.2. The van der Waals surface area contributed by atoms with E-state index in [0.717, 1.165) is 0 Å². The first kappa shape index (κ1) is 20.6. The summed E-state index contributed by atoms with van der Waals surface area (Å²) < 4.78 is 16.5. The van der Waals surface area contributed by atoms with Gasteiger partial charge in [0.05, 0.1) is 6.61 Å². The number of allylic oxidation sites excluding steroid dienone is 2. The number of para-hydroxylation sites is 1. The van der Waals surface area contributed by atoms with E-state index in [9.17, 15) is 9.59 Å². The van der Waals surface area contributed by atoms with Crippen molar-refractivity contribution in [3.8, 4) is 11.8 Å². The van der Waals surface area contributed by atoms with Crippen molar-refractivity contribution in [2.45, 2.75) is 39.5 Å². The van der Waals surface area contributed by atoms with E-state index < -0.39 is 17.8 Å². The predicted octanol–water partition coefficient (Wildman–Crippen LogP) is 3.50. The molecule has 0 saturated heterocycles. The summed E-state index contributed by atoms with van der Waals surface area (Å²) in [4.78, 5) is 25.9. The fourth-order valence-electron chi connectivity index (χ4n) is 4.02. The SMILES string of the molecule is CCOC(=O)C1C(=N)OC2=C(C(=O)CC(C)(C)C2)C1c1ccccc1OCC#N. The molecule has 1 aliphatic heterocycles. The molecule has 2 unspecified atom stereocenters. The number of esters is 1. The van der Waals surface area contributed by atoms with Crippen LogP contribution >= 0.6 is 0 Å². The number of ketones is 1. The molecule has 0 fully saturated rings. The van der Waals surface area contributed by atoms with Crippen LogP contribution in [0.25, 0.3) is 0 Å². The number of rotatable bonds is 5. The molecule has 2 atom stereocenters. The van der Waals surface area contributed by atoms with Crippen molar-refractivity contribution >= 4 is 17.7 Å². The van der Waals surface area contributed by atoms with Gasteiger partial charge >= 0.3 is 5.97 Å². The summed E-state index contributed by atoms with van der Waals surface area (Å²) in [5.74, 6) is -2.01. The highest BCUT2D eigenvalue weighted by Crippen LogP contribution is 2.49. The standard InChI is InChI=1S/C22H24N2O5/c1-4-27-21(26)19-17(13-7-5-6-8-15(13)28-10-9-23)18-14(25)11-22(2,3)12-16(18)29-20(19)24/h5-8,17,19,24H,4,10-12H2,1-3H3. The van der Waals surface area contributed by atoms with Crippen LogP contribution in [-0.4, -0.2) is 30.9 Å². The van der Waals surface area contributed by atoms with E-state index in [1.54, 1.807) is 31.2 Å². The predicted molar refractivity (Wildman–Crippen MR) is 104 cm³/mol. The Kier molecular flexibility index (Phi) is 5.73. The fraction of sp³-hybridized carbons (Fsp3) is 0.455. The lowest BCUT2D eigenvalue weighted by molar-refractivity contribution is -0.146. The van der Waals surface area contributed by atoms with Crippen LogP contribution < -0.4 is 4.74 Å². The highest BCUT2D eigenvalue weighted by molar-refractivity contribution is 6.06. The molecule has 1 heterocycles. The molecule has 1 aromatic carbocycles. The number of nitriles is 1. The van der Waals surface area contributed by atoms with E-state index in [1.807, 2.05) is 19.9 Å². The summed E-state index contributed by atoms with van der Waals surface area (Å²) in [5, 5.41) is 17.3.